The van der Waals surface area contributed by atoms with E-state index in [0.29, 0.717) is 5.56 Å². The molecule has 5 nitrogen and oxygen atoms in total. The third-order valence-corrected chi connectivity index (χ3v) is 5.20. The van der Waals surface area contributed by atoms with Crippen LogP contribution >= 0.6 is 0 Å². The molecule has 0 aliphatic heterocycles. The van der Waals surface area contributed by atoms with Crippen LogP contribution in [-0.2, 0) is 6.54 Å². The Hall–Kier alpha value is -2.82. The van der Waals surface area contributed by atoms with Gasteiger partial charge in [-0.2, -0.15) is 0 Å². The lowest BCUT2D eigenvalue weighted by Crippen LogP contribution is -2.17. The minimum absolute atomic E-state index is 0.0787. The molecule has 0 unspecified atom stereocenters. The van der Waals surface area contributed by atoms with Crippen LogP contribution in [0.5, 0.6) is 0 Å². The molecule has 2 N–H and O–H groups in total. The monoisotopic (exact) mass is 348 g/mol. The zero-order chi connectivity index (χ0) is 17.9. The van der Waals surface area contributed by atoms with Crippen molar-refractivity contribution in [3.63, 3.8) is 0 Å². The molecule has 0 bridgehead atoms. The third kappa shape index (κ3) is 3.29. The number of carbonyl (C=O) groups is 1. The first-order valence-electron chi connectivity index (χ1n) is 9.29. The summed E-state index contributed by atoms with van der Waals surface area (Å²) in [6.45, 7) is 0.999. The van der Waals surface area contributed by atoms with Gasteiger partial charge in [0.25, 0.3) is 5.91 Å². The summed E-state index contributed by atoms with van der Waals surface area (Å²) in [5.74, 6) is 1.51. The highest BCUT2D eigenvalue weighted by molar-refractivity contribution is 5.94. The summed E-state index contributed by atoms with van der Waals surface area (Å²) < 4.78 is 2.30. The smallest absolute Gasteiger partial charge is 0.251 e. The van der Waals surface area contributed by atoms with Gasteiger partial charge in [0.2, 0.25) is 5.95 Å². The van der Waals surface area contributed by atoms with E-state index in [1.54, 1.807) is 7.05 Å². The first-order chi connectivity index (χ1) is 12.7. The SMILES string of the molecule is CNC(=O)c1ccc(Nc2nc3ccccc3n2CC2CCCC2)cc1. The molecular formula is C21H24N4O. The second kappa shape index (κ2) is 7.20. The molecule has 4 rings (SSSR count). The van der Waals surface area contributed by atoms with Crippen molar-refractivity contribution in [2.24, 2.45) is 5.92 Å². The summed E-state index contributed by atoms with van der Waals surface area (Å²) in [5, 5.41) is 6.08. The van der Waals surface area contributed by atoms with Crippen LogP contribution in [0, 0.1) is 5.92 Å². The number of hydrogen-bond acceptors (Lipinski definition) is 3. The molecular weight excluding hydrogens is 324 g/mol. The predicted octanol–water partition coefficient (Wildman–Crippen LogP) is 4.33. The van der Waals surface area contributed by atoms with Gasteiger partial charge in [-0.25, -0.2) is 4.98 Å². The molecule has 1 aliphatic carbocycles. The number of hydrogen-bond donors (Lipinski definition) is 2. The lowest BCUT2D eigenvalue weighted by molar-refractivity contribution is 0.0963. The second-order valence-corrected chi connectivity index (χ2v) is 6.97. The molecule has 1 heterocycles. The van der Waals surface area contributed by atoms with Crippen molar-refractivity contribution >= 4 is 28.6 Å². The highest BCUT2D eigenvalue weighted by Crippen LogP contribution is 2.30. The number of anilines is 2. The van der Waals surface area contributed by atoms with Crippen molar-refractivity contribution in [2.75, 3.05) is 12.4 Å². The van der Waals surface area contributed by atoms with E-state index in [2.05, 4.69) is 33.4 Å². The molecule has 2 aromatic carbocycles. The minimum Gasteiger partial charge on any atom is -0.355 e. The first-order valence-corrected chi connectivity index (χ1v) is 9.29. The predicted molar refractivity (Wildman–Crippen MR) is 105 cm³/mol. The Labute approximate surface area is 153 Å². The van der Waals surface area contributed by atoms with Gasteiger partial charge in [-0.1, -0.05) is 25.0 Å². The summed E-state index contributed by atoms with van der Waals surface area (Å²) >= 11 is 0. The van der Waals surface area contributed by atoms with Crippen LogP contribution in [0.4, 0.5) is 11.6 Å². The van der Waals surface area contributed by atoms with Crippen LogP contribution in [-0.4, -0.2) is 22.5 Å². The van der Waals surface area contributed by atoms with E-state index in [9.17, 15) is 4.79 Å². The van der Waals surface area contributed by atoms with E-state index in [1.165, 1.54) is 31.2 Å². The van der Waals surface area contributed by atoms with Crippen LogP contribution in [0.3, 0.4) is 0 Å². The number of aromatic nitrogens is 2. The Kier molecular flexibility index (Phi) is 4.61. The Morgan fingerprint density at radius 2 is 1.85 bits per heavy atom. The molecule has 1 fully saturated rings. The number of para-hydroxylation sites is 2. The molecule has 1 amide bonds. The highest BCUT2D eigenvalue weighted by atomic mass is 16.1. The molecule has 26 heavy (non-hydrogen) atoms. The van der Waals surface area contributed by atoms with Crippen molar-refractivity contribution < 1.29 is 4.79 Å². The maximum atomic E-state index is 11.7. The average Bonchev–Trinajstić information content (AvgIpc) is 3.31. The van der Waals surface area contributed by atoms with E-state index in [1.807, 2.05) is 30.3 Å². The van der Waals surface area contributed by atoms with Crippen LogP contribution in [0.2, 0.25) is 0 Å². The topological polar surface area (TPSA) is 59.0 Å². The number of carbonyl (C=O) groups excluding carboxylic acids is 1. The van der Waals surface area contributed by atoms with Crippen LogP contribution in [0.15, 0.2) is 48.5 Å². The van der Waals surface area contributed by atoms with Crippen LogP contribution in [0.25, 0.3) is 11.0 Å². The van der Waals surface area contributed by atoms with Gasteiger partial charge in [-0.05, 0) is 55.2 Å². The fraction of sp³-hybridized carbons (Fsp3) is 0.333. The molecule has 1 aliphatic rings. The quantitative estimate of drug-likeness (QED) is 0.721. The Bertz CT molecular complexity index is 907. The van der Waals surface area contributed by atoms with Gasteiger partial charge in [0.1, 0.15) is 0 Å². The normalized spacial score (nSPS) is 14.7. The molecule has 0 atom stereocenters. The fourth-order valence-electron chi connectivity index (χ4n) is 3.79. The largest absolute Gasteiger partial charge is 0.355 e. The summed E-state index contributed by atoms with van der Waals surface area (Å²) in [4.78, 5) is 16.5. The molecule has 1 aromatic heterocycles. The van der Waals surface area contributed by atoms with Crippen LogP contribution < -0.4 is 10.6 Å². The Balaban J connectivity index is 1.63. The lowest BCUT2D eigenvalue weighted by atomic mass is 10.1. The van der Waals surface area contributed by atoms with E-state index in [0.717, 1.165) is 29.6 Å². The highest BCUT2D eigenvalue weighted by Gasteiger charge is 2.19. The zero-order valence-corrected chi connectivity index (χ0v) is 15.0. The van der Waals surface area contributed by atoms with Crippen molar-refractivity contribution in [1.82, 2.24) is 14.9 Å². The molecule has 0 radical (unpaired) electrons. The van der Waals surface area contributed by atoms with Crippen molar-refractivity contribution in [1.29, 1.82) is 0 Å². The lowest BCUT2D eigenvalue weighted by Gasteiger charge is -2.15. The second-order valence-electron chi connectivity index (χ2n) is 6.97. The van der Waals surface area contributed by atoms with E-state index in [-0.39, 0.29) is 5.91 Å². The Morgan fingerprint density at radius 1 is 1.12 bits per heavy atom. The van der Waals surface area contributed by atoms with Gasteiger partial charge < -0.3 is 15.2 Å². The van der Waals surface area contributed by atoms with Gasteiger partial charge in [-0.15, -0.1) is 0 Å². The van der Waals surface area contributed by atoms with Gasteiger partial charge >= 0.3 is 0 Å². The van der Waals surface area contributed by atoms with E-state index >= 15 is 0 Å². The van der Waals surface area contributed by atoms with Gasteiger partial charge in [-0.3, -0.25) is 4.79 Å². The van der Waals surface area contributed by atoms with Crippen LogP contribution in [0.1, 0.15) is 36.0 Å². The first kappa shape index (κ1) is 16.6. The molecule has 0 saturated heterocycles. The van der Waals surface area contributed by atoms with Crippen molar-refractivity contribution in [3.05, 3.63) is 54.1 Å². The zero-order valence-electron chi connectivity index (χ0n) is 15.0. The molecule has 1 saturated carbocycles. The van der Waals surface area contributed by atoms with Crippen molar-refractivity contribution in [3.8, 4) is 0 Å². The number of benzene rings is 2. The maximum Gasteiger partial charge on any atom is 0.251 e. The van der Waals surface area contributed by atoms with Crippen molar-refractivity contribution in [2.45, 2.75) is 32.2 Å². The average molecular weight is 348 g/mol. The Morgan fingerprint density at radius 3 is 2.58 bits per heavy atom. The number of fused-ring (bicyclic) bond motifs is 1. The number of nitrogens with one attached hydrogen (secondary N) is 2. The summed E-state index contributed by atoms with van der Waals surface area (Å²) in [6, 6.07) is 15.8. The fourth-order valence-corrected chi connectivity index (χ4v) is 3.79. The van der Waals surface area contributed by atoms with Gasteiger partial charge in [0.05, 0.1) is 11.0 Å². The summed E-state index contributed by atoms with van der Waals surface area (Å²) in [5.41, 5.74) is 3.76. The number of rotatable bonds is 5. The number of nitrogens with zero attached hydrogens (tertiary/aromatic N) is 2. The summed E-state index contributed by atoms with van der Waals surface area (Å²) in [6.07, 6.45) is 5.27. The molecule has 5 heteroatoms. The standard InChI is InChI=1S/C21H24N4O/c1-22-20(26)16-10-12-17(13-11-16)23-21-24-18-8-4-5-9-19(18)25(21)14-15-6-2-3-7-15/h4-5,8-13,15H,2-3,6-7,14H2,1H3,(H,22,26)(H,23,24). The third-order valence-electron chi connectivity index (χ3n) is 5.20. The minimum atomic E-state index is -0.0787. The van der Waals surface area contributed by atoms with Gasteiger partial charge in [0.15, 0.2) is 0 Å². The van der Waals surface area contributed by atoms with E-state index in [4.69, 9.17) is 4.98 Å². The number of imidazole rings is 1. The van der Waals surface area contributed by atoms with E-state index < -0.39 is 0 Å². The molecule has 0 spiro atoms. The molecule has 134 valence electrons. The molecule has 3 aromatic rings. The summed E-state index contributed by atoms with van der Waals surface area (Å²) in [7, 11) is 1.64. The van der Waals surface area contributed by atoms with Gasteiger partial charge in [0, 0.05) is 24.8 Å². The number of amides is 1. The maximum absolute atomic E-state index is 11.7.